The summed E-state index contributed by atoms with van der Waals surface area (Å²) in [6.45, 7) is 3.97. The first-order chi connectivity index (χ1) is 20.8. The second-order valence-corrected chi connectivity index (χ2v) is 10.2. The Bertz CT molecular complexity index is 1950. The lowest BCUT2D eigenvalue weighted by Gasteiger charge is -2.17. The fourth-order valence-corrected chi connectivity index (χ4v) is 5.31. The molecule has 0 fully saturated rings. The van der Waals surface area contributed by atoms with Crippen molar-refractivity contribution in [3.63, 3.8) is 0 Å². The number of hydrogen-bond donors (Lipinski definition) is 4. The SMILES string of the molecule is CN/C(C)=C\C(=N)Nc1ncc(C)c(-c2c[nH]c3c(N4Cc5c(-c6ccnc(OC)c6)ccc(F)c5C4=O)cccc23)n1. The summed E-state index contributed by atoms with van der Waals surface area (Å²) in [6, 6.07) is 12.3. The number of nitrogens with one attached hydrogen (secondary N) is 4. The molecule has 1 amide bonds. The van der Waals surface area contributed by atoms with Crippen molar-refractivity contribution in [2.45, 2.75) is 20.4 Å². The van der Waals surface area contributed by atoms with Gasteiger partial charge in [0.2, 0.25) is 11.8 Å². The summed E-state index contributed by atoms with van der Waals surface area (Å²) in [5.74, 6) is -0.107. The highest BCUT2D eigenvalue weighted by atomic mass is 19.1. The number of ether oxygens (including phenoxy) is 1. The zero-order valence-corrected chi connectivity index (χ0v) is 24.0. The van der Waals surface area contributed by atoms with Gasteiger partial charge in [-0.25, -0.2) is 19.3 Å². The average molecular weight is 577 g/mol. The third-order valence-corrected chi connectivity index (χ3v) is 7.51. The molecular formula is C32H29FN8O2. The molecule has 4 N–H and O–H groups in total. The van der Waals surface area contributed by atoms with Crippen LogP contribution < -0.4 is 20.3 Å². The number of nitrogens with zero attached hydrogens (tertiary/aromatic N) is 4. The molecule has 0 atom stereocenters. The predicted molar refractivity (Wildman–Crippen MR) is 165 cm³/mol. The number of hydrogen-bond acceptors (Lipinski definition) is 7. The summed E-state index contributed by atoms with van der Waals surface area (Å²) >= 11 is 0. The van der Waals surface area contributed by atoms with Crippen LogP contribution in [0.1, 0.15) is 28.4 Å². The second-order valence-electron chi connectivity index (χ2n) is 10.2. The number of amidine groups is 1. The molecule has 4 heterocycles. The quantitative estimate of drug-likeness (QED) is 0.142. The standard InChI is InChI=1S/C32H29FN8O2/c1-17-14-38-32(39-26(34)12-18(2)35-3)40-29(17)22-15-37-30-21(22)6-5-7-25(30)41-16-23-20(8-9-24(33)28(23)31(41)42)19-10-11-36-27(13-19)43-4/h5-15,35,37H,16H2,1-4H3,(H2,34,38,39,40)/b18-12-. The smallest absolute Gasteiger partial charge is 0.262 e. The first-order valence-corrected chi connectivity index (χ1v) is 13.6. The van der Waals surface area contributed by atoms with Gasteiger partial charge in [0.25, 0.3) is 5.91 Å². The van der Waals surface area contributed by atoms with Crippen molar-refractivity contribution in [1.82, 2.24) is 25.3 Å². The molecule has 3 aromatic heterocycles. The molecule has 0 radical (unpaired) electrons. The first kappa shape index (κ1) is 27.6. The van der Waals surface area contributed by atoms with Crippen LogP contribution in [0.3, 0.4) is 0 Å². The Hall–Kier alpha value is -5.58. The number of para-hydroxylation sites is 1. The van der Waals surface area contributed by atoms with Crippen LogP contribution >= 0.6 is 0 Å². The van der Waals surface area contributed by atoms with E-state index in [1.54, 1.807) is 42.6 Å². The lowest BCUT2D eigenvalue weighted by Crippen LogP contribution is -2.23. The number of methoxy groups -OCH3 is 1. The van der Waals surface area contributed by atoms with Crippen molar-refractivity contribution >= 4 is 34.3 Å². The summed E-state index contributed by atoms with van der Waals surface area (Å²) in [5, 5.41) is 15.0. The zero-order valence-electron chi connectivity index (χ0n) is 24.0. The Kier molecular flexibility index (Phi) is 7.06. The number of amides is 1. The predicted octanol–water partition coefficient (Wildman–Crippen LogP) is 5.82. The molecule has 11 heteroatoms. The van der Waals surface area contributed by atoms with Crippen LogP contribution in [-0.4, -0.2) is 45.8 Å². The number of aromatic amines is 1. The minimum atomic E-state index is -0.561. The number of pyridine rings is 1. The summed E-state index contributed by atoms with van der Waals surface area (Å²) in [5.41, 5.74) is 6.70. The number of halogens is 1. The topological polar surface area (TPSA) is 132 Å². The van der Waals surface area contributed by atoms with E-state index < -0.39 is 11.7 Å². The van der Waals surface area contributed by atoms with E-state index in [9.17, 15) is 4.79 Å². The van der Waals surface area contributed by atoms with Crippen molar-refractivity contribution in [1.29, 1.82) is 5.41 Å². The molecule has 0 saturated heterocycles. The summed E-state index contributed by atoms with van der Waals surface area (Å²) in [4.78, 5) is 31.9. The van der Waals surface area contributed by atoms with Crippen molar-refractivity contribution in [2.24, 2.45) is 0 Å². The number of benzene rings is 2. The van der Waals surface area contributed by atoms with Crippen LogP contribution in [0.4, 0.5) is 16.0 Å². The van der Waals surface area contributed by atoms with Crippen molar-refractivity contribution in [2.75, 3.05) is 24.4 Å². The molecule has 0 spiro atoms. The van der Waals surface area contributed by atoms with Crippen molar-refractivity contribution < 1.29 is 13.9 Å². The maximum Gasteiger partial charge on any atom is 0.262 e. The van der Waals surface area contributed by atoms with E-state index in [1.165, 1.54) is 13.2 Å². The number of aryl methyl sites for hydroxylation is 1. The molecule has 2 aromatic carbocycles. The highest BCUT2D eigenvalue weighted by Crippen LogP contribution is 2.41. The highest BCUT2D eigenvalue weighted by Gasteiger charge is 2.35. The Morgan fingerprint density at radius 3 is 2.81 bits per heavy atom. The molecule has 10 nitrogen and oxygen atoms in total. The van der Waals surface area contributed by atoms with Gasteiger partial charge in [-0.15, -0.1) is 0 Å². The van der Waals surface area contributed by atoms with Gasteiger partial charge >= 0.3 is 0 Å². The van der Waals surface area contributed by atoms with Crippen LogP contribution in [0.2, 0.25) is 0 Å². The Morgan fingerprint density at radius 2 is 2.02 bits per heavy atom. The summed E-state index contributed by atoms with van der Waals surface area (Å²) < 4.78 is 20.4. The summed E-state index contributed by atoms with van der Waals surface area (Å²) in [6.07, 6.45) is 6.81. The van der Waals surface area contributed by atoms with E-state index in [2.05, 4.69) is 25.6 Å². The number of aromatic nitrogens is 4. The van der Waals surface area contributed by atoms with Gasteiger partial charge in [0.15, 0.2) is 0 Å². The maximum absolute atomic E-state index is 15.1. The number of H-pyrrole nitrogens is 1. The molecular weight excluding hydrogens is 547 g/mol. The molecule has 5 aromatic rings. The van der Waals surface area contributed by atoms with Crippen molar-refractivity contribution in [3.05, 3.63) is 95.3 Å². The van der Waals surface area contributed by atoms with E-state index in [1.807, 2.05) is 44.3 Å². The first-order valence-electron chi connectivity index (χ1n) is 13.6. The minimum Gasteiger partial charge on any atom is -0.481 e. The minimum absolute atomic E-state index is 0.0597. The van der Waals surface area contributed by atoms with Gasteiger partial charge < -0.3 is 25.3 Å². The molecule has 6 rings (SSSR count). The van der Waals surface area contributed by atoms with Gasteiger partial charge in [-0.05, 0) is 60.4 Å². The molecule has 1 aliphatic heterocycles. The number of rotatable bonds is 7. The molecule has 0 saturated carbocycles. The third-order valence-electron chi connectivity index (χ3n) is 7.51. The molecule has 43 heavy (non-hydrogen) atoms. The van der Waals surface area contributed by atoms with Crippen LogP contribution in [0.5, 0.6) is 5.88 Å². The van der Waals surface area contributed by atoms with Gasteiger partial charge in [0.1, 0.15) is 11.7 Å². The monoisotopic (exact) mass is 576 g/mol. The largest absolute Gasteiger partial charge is 0.481 e. The van der Waals surface area contributed by atoms with Crippen LogP contribution in [0.15, 0.2) is 72.8 Å². The fourth-order valence-electron chi connectivity index (χ4n) is 5.31. The van der Waals surface area contributed by atoms with E-state index in [0.717, 1.165) is 38.9 Å². The van der Waals surface area contributed by atoms with Crippen LogP contribution in [0, 0.1) is 18.2 Å². The van der Waals surface area contributed by atoms with Crippen LogP contribution in [0.25, 0.3) is 33.3 Å². The maximum atomic E-state index is 15.1. The van der Waals surface area contributed by atoms with Crippen LogP contribution in [-0.2, 0) is 6.54 Å². The Labute approximate surface area is 247 Å². The number of fused-ring (bicyclic) bond motifs is 2. The number of allylic oxidation sites excluding steroid dienone is 1. The normalized spacial score (nSPS) is 12.9. The van der Waals surface area contributed by atoms with E-state index in [0.29, 0.717) is 22.8 Å². The number of carbonyl (C=O) groups excluding carboxylic acids is 1. The van der Waals surface area contributed by atoms with E-state index >= 15 is 4.39 Å². The zero-order chi connectivity index (χ0) is 30.2. The molecule has 0 aliphatic carbocycles. The van der Waals surface area contributed by atoms with Gasteiger partial charge in [-0.3, -0.25) is 10.2 Å². The Balaban J connectivity index is 1.38. The lowest BCUT2D eigenvalue weighted by molar-refractivity contribution is 0.0993. The van der Waals surface area contributed by atoms with Crippen molar-refractivity contribution in [3.8, 4) is 28.3 Å². The number of anilines is 2. The molecule has 0 unspecified atom stereocenters. The van der Waals surface area contributed by atoms with Gasteiger partial charge in [0, 0.05) is 48.4 Å². The van der Waals surface area contributed by atoms with Gasteiger partial charge in [-0.2, -0.15) is 0 Å². The van der Waals surface area contributed by atoms with E-state index in [4.69, 9.17) is 15.1 Å². The van der Waals surface area contributed by atoms with Gasteiger partial charge in [0.05, 0.1) is 36.1 Å². The average Bonchev–Trinajstić information content (AvgIpc) is 3.60. The molecule has 0 bridgehead atoms. The highest BCUT2D eigenvalue weighted by molar-refractivity contribution is 6.15. The second kappa shape index (κ2) is 11.0. The Morgan fingerprint density at radius 1 is 1.19 bits per heavy atom. The number of carbonyl (C=O) groups is 1. The van der Waals surface area contributed by atoms with Gasteiger partial charge in [-0.1, -0.05) is 18.2 Å². The fraction of sp³-hybridized carbons (Fsp3) is 0.156. The third kappa shape index (κ3) is 4.94. The lowest BCUT2D eigenvalue weighted by atomic mass is 9.97. The molecule has 1 aliphatic rings. The summed E-state index contributed by atoms with van der Waals surface area (Å²) in [7, 11) is 3.32. The van der Waals surface area contributed by atoms with E-state index in [-0.39, 0.29) is 23.9 Å². The molecule has 216 valence electrons.